The van der Waals surface area contributed by atoms with E-state index >= 15 is 0 Å². The Bertz CT molecular complexity index is 583. The van der Waals surface area contributed by atoms with Crippen LogP contribution in [-0.4, -0.2) is 25.2 Å². The number of hydrogen-bond acceptors (Lipinski definition) is 5. The van der Waals surface area contributed by atoms with Crippen molar-refractivity contribution in [2.75, 3.05) is 20.2 Å². The van der Waals surface area contributed by atoms with Gasteiger partial charge in [0.1, 0.15) is 6.26 Å². The van der Waals surface area contributed by atoms with Gasteiger partial charge >= 0.3 is 0 Å². The van der Waals surface area contributed by atoms with Gasteiger partial charge in [0.2, 0.25) is 5.89 Å². The molecule has 6 heteroatoms. The number of aromatic nitrogens is 1. The Morgan fingerprint density at radius 1 is 1.48 bits per heavy atom. The Kier molecular flexibility index (Phi) is 4.06. The minimum absolute atomic E-state index is 0.0927. The molecule has 1 fully saturated rings. The quantitative estimate of drug-likeness (QED) is 0.918. The van der Waals surface area contributed by atoms with Gasteiger partial charge in [0.05, 0.1) is 13.3 Å². The van der Waals surface area contributed by atoms with Gasteiger partial charge in [-0.1, -0.05) is 6.07 Å². The number of rotatable bonds is 5. The maximum atomic E-state index is 14.1. The van der Waals surface area contributed by atoms with Crippen LogP contribution in [0.1, 0.15) is 18.4 Å². The number of hydrogen-bond donors (Lipinski definition) is 1. The van der Waals surface area contributed by atoms with E-state index in [-0.39, 0.29) is 11.7 Å². The number of nitrogens with one attached hydrogen (secondary N) is 1. The first-order valence-electron chi connectivity index (χ1n) is 6.89. The zero-order valence-corrected chi connectivity index (χ0v) is 11.7. The highest BCUT2D eigenvalue weighted by Crippen LogP contribution is 2.37. The maximum Gasteiger partial charge on any atom is 0.235 e. The third-order valence-electron chi connectivity index (χ3n) is 3.62. The van der Waals surface area contributed by atoms with E-state index < -0.39 is 11.9 Å². The number of para-hydroxylation sites is 1. The number of methoxy groups -OCH3 is 1. The number of oxazole rings is 1. The van der Waals surface area contributed by atoms with Gasteiger partial charge in [-0.05, 0) is 25.1 Å². The summed E-state index contributed by atoms with van der Waals surface area (Å²) >= 11 is 0. The maximum absolute atomic E-state index is 14.1. The number of halogens is 1. The van der Waals surface area contributed by atoms with E-state index in [1.165, 1.54) is 19.4 Å². The second kappa shape index (κ2) is 6.13. The third-order valence-corrected chi connectivity index (χ3v) is 3.62. The highest BCUT2D eigenvalue weighted by Gasteiger charge is 2.32. The molecule has 0 spiro atoms. The lowest BCUT2D eigenvalue weighted by atomic mass is 10.0. The van der Waals surface area contributed by atoms with Gasteiger partial charge in [0.15, 0.2) is 23.4 Å². The molecular formula is C15H17FN2O3. The monoisotopic (exact) mass is 292 g/mol. The average Bonchev–Trinajstić information content (AvgIpc) is 3.19. The van der Waals surface area contributed by atoms with Gasteiger partial charge in [0.25, 0.3) is 0 Å². The van der Waals surface area contributed by atoms with Gasteiger partial charge in [-0.2, -0.15) is 0 Å². The Labute approximate surface area is 122 Å². The van der Waals surface area contributed by atoms with Crippen molar-refractivity contribution in [2.24, 2.45) is 5.92 Å². The van der Waals surface area contributed by atoms with Crippen LogP contribution < -0.4 is 14.8 Å². The first kappa shape index (κ1) is 13.9. The fourth-order valence-electron chi connectivity index (χ4n) is 2.55. The summed E-state index contributed by atoms with van der Waals surface area (Å²) in [5.74, 6) is 0.617. The first-order valence-corrected chi connectivity index (χ1v) is 6.89. The van der Waals surface area contributed by atoms with E-state index in [9.17, 15) is 4.39 Å². The van der Waals surface area contributed by atoms with Gasteiger partial charge in [-0.25, -0.2) is 9.37 Å². The number of nitrogens with zero attached hydrogens (tertiary/aromatic N) is 1. The Morgan fingerprint density at radius 3 is 3.05 bits per heavy atom. The molecule has 1 saturated heterocycles. The standard InChI is InChI=1S/C15H17FN2O3/c1-19-12-4-2-3-11(16)14(12)21-13(10-5-6-17-9-10)15-18-7-8-20-15/h2-4,7-8,10,13,17H,5-6,9H2,1H3/t10-,13+/m0/s1. The predicted octanol–water partition coefficient (Wildman–Crippen LogP) is 2.55. The van der Waals surface area contributed by atoms with Crippen molar-refractivity contribution in [2.45, 2.75) is 12.5 Å². The van der Waals surface area contributed by atoms with Crippen molar-refractivity contribution in [1.29, 1.82) is 0 Å². The summed E-state index contributed by atoms with van der Waals surface area (Å²) in [5, 5.41) is 3.27. The molecule has 0 bridgehead atoms. The van der Waals surface area contributed by atoms with Crippen LogP contribution in [0.3, 0.4) is 0 Å². The molecular weight excluding hydrogens is 275 g/mol. The SMILES string of the molecule is COc1cccc(F)c1O[C@@H](c1ncco1)[C@H]1CCNC1. The minimum Gasteiger partial charge on any atom is -0.493 e. The van der Waals surface area contributed by atoms with Crippen molar-refractivity contribution in [3.05, 3.63) is 42.4 Å². The molecule has 0 saturated carbocycles. The van der Waals surface area contributed by atoms with E-state index in [0.29, 0.717) is 11.6 Å². The van der Waals surface area contributed by atoms with Gasteiger partial charge in [0, 0.05) is 12.5 Å². The molecule has 0 aliphatic carbocycles. The molecule has 2 aromatic rings. The summed E-state index contributed by atoms with van der Waals surface area (Å²) in [6.45, 7) is 1.68. The second-order valence-corrected chi connectivity index (χ2v) is 4.93. The fraction of sp³-hybridized carbons (Fsp3) is 0.400. The predicted molar refractivity (Wildman–Crippen MR) is 73.8 cm³/mol. The summed E-state index contributed by atoms with van der Waals surface area (Å²) in [5.41, 5.74) is 0. The topological polar surface area (TPSA) is 56.5 Å². The molecule has 2 atom stereocenters. The van der Waals surface area contributed by atoms with Crippen LogP contribution in [0.25, 0.3) is 0 Å². The fourth-order valence-corrected chi connectivity index (χ4v) is 2.55. The third kappa shape index (κ3) is 2.85. The van der Waals surface area contributed by atoms with E-state index in [0.717, 1.165) is 19.5 Å². The van der Waals surface area contributed by atoms with Crippen LogP contribution >= 0.6 is 0 Å². The van der Waals surface area contributed by atoms with Crippen LogP contribution in [0, 0.1) is 11.7 Å². The van der Waals surface area contributed by atoms with Crippen LogP contribution in [0.5, 0.6) is 11.5 Å². The van der Waals surface area contributed by atoms with Crippen molar-refractivity contribution >= 4 is 0 Å². The van der Waals surface area contributed by atoms with E-state index in [4.69, 9.17) is 13.9 Å². The molecule has 1 aliphatic heterocycles. The van der Waals surface area contributed by atoms with Crippen molar-refractivity contribution in [3.8, 4) is 11.5 Å². The van der Waals surface area contributed by atoms with Crippen molar-refractivity contribution < 1.29 is 18.3 Å². The van der Waals surface area contributed by atoms with E-state index in [1.807, 2.05) is 0 Å². The Balaban J connectivity index is 1.91. The molecule has 2 heterocycles. The molecule has 5 nitrogen and oxygen atoms in total. The molecule has 1 aromatic carbocycles. The summed E-state index contributed by atoms with van der Waals surface area (Å²) in [7, 11) is 1.49. The zero-order valence-electron chi connectivity index (χ0n) is 11.7. The summed E-state index contributed by atoms with van der Waals surface area (Å²) in [6, 6.07) is 4.59. The summed E-state index contributed by atoms with van der Waals surface area (Å²) in [6.07, 6.45) is 3.53. The highest BCUT2D eigenvalue weighted by atomic mass is 19.1. The lowest BCUT2D eigenvalue weighted by Gasteiger charge is -2.22. The number of ether oxygens (including phenoxy) is 2. The Morgan fingerprint density at radius 2 is 2.38 bits per heavy atom. The van der Waals surface area contributed by atoms with Gasteiger partial charge in [-0.15, -0.1) is 0 Å². The lowest BCUT2D eigenvalue weighted by Crippen LogP contribution is -2.22. The number of benzene rings is 1. The van der Waals surface area contributed by atoms with E-state index in [1.54, 1.807) is 18.3 Å². The zero-order chi connectivity index (χ0) is 14.7. The minimum atomic E-state index is -0.461. The molecule has 3 rings (SSSR count). The molecule has 0 radical (unpaired) electrons. The molecule has 112 valence electrons. The normalized spacial score (nSPS) is 19.4. The van der Waals surface area contributed by atoms with Crippen molar-refractivity contribution in [1.82, 2.24) is 10.3 Å². The van der Waals surface area contributed by atoms with Gasteiger partial charge < -0.3 is 19.2 Å². The smallest absolute Gasteiger partial charge is 0.235 e. The highest BCUT2D eigenvalue weighted by molar-refractivity contribution is 5.41. The lowest BCUT2D eigenvalue weighted by molar-refractivity contribution is 0.105. The average molecular weight is 292 g/mol. The first-order chi connectivity index (χ1) is 10.3. The summed E-state index contributed by atoms with van der Waals surface area (Å²) in [4.78, 5) is 4.16. The van der Waals surface area contributed by atoms with E-state index in [2.05, 4.69) is 10.3 Å². The van der Waals surface area contributed by atoms with Crippen LogP contribution in [-0.2, 0) is 0 Å². The molecule has 1 N–H and O–H groups in total. The second-order valence-electron chi connectivity index (χ2n) is 4.93. The molecule has 0 amide bonds. The summed E-state index contributed by atoms with van der Waals surface area (Å²) < 4.78 is 30.5. The molecule has 21 heavy (non-hydrogen) atoms. The van der Waals surface area contributed by atoms with Crippen molar-refractivity contribution in [3.63, 3.8) is 0 Å². The van der Waals surface area contributed by atoms with Gasteiger partial charge in [-0.3, -0.25) is 0 Å². The molecule has 1 aliphatic rings. The van der Waals surface area contributed by atoms with Crippen LogP contribution in [0.4, 0.5) is 4.39 Å². The largest absolute Gasteiger partial charge is 0.493 e. The van der Waals surface area contributed by atoms with Crippen LogP contribution in [0.2, 0.25) is 0 Å². The molecule has 0 unspecified atom stereocenters. The molecule has 1 aromatic heterocycles. The Hall–Kier alpha value is -2.08. The van der Waals surface area contributed by atoms with Crippen LogP contribution in [0.15, 0.2) is 35.1 Å².